The van der Waals surface area contributed by atoms with Crippen LogP contribution in [0, 0.1) is 0 Å². The Balaban J connectivity index is 1.52. The third kappa shape index (κ3) is 10.0. The molecule has 0 unspecified atom stereocenters. The van der Waals surface area contributed by atoms with Crippen LogP contribution >= 0.6 is 0 Å². The van der Waals surface area contributed by atoms with E-state index in [-0.39, 0.29) is 0 Å². The minimum absolute atomic E-state index is 0.369. The zero-order chi connectivity index (χ0) is 35.3. The highest BCUT2D eigenvalue weighted by molar-refractivity contribution is 6.77. The molecular formula is C43H56O6Si. The molecule has 7 heteroatoms. The van der Waals surface area contributed by atoms with Crippen LogP contribution in [-0.2, 0) is 54.5 Å². The van der Waals surface area contributed by atoms with Crippen LogP contribution in [0.1, 0.15) is 63.8 Å². The van der Waals surface area contributed by atoms with Crippen molar-refractivity contribution in [3.63, 3.8) is 0 Å². The minimum Gasteiger partial charge on any atom is -0.413 e. The Hall–Kier alpha value is -3.14. The molecule has 1 saturated heterocycles. The molecule has 5 rings (SSSR count). The maximum atomic E-state index is 7.20. The molecule has 1 aliphatic rings. The van der Waals surface area contributed by atoms with Crippen LogP contribution in [0.3, 0.4) is 0 Å². The molecule has 0 N–H and O–H groups in total. The second kappa shape index (κ2) is 18.9. The summed E-state index contributed by atoms with van der Waals surface area (Å²) in [5.74, 6) is 0. The Labute approximate surface area is 301 Å². The van der Waals surface area contributed by atoms with Crippen LogP contribution < -0.4 is 0 Å². The molecule has 4 aromatic rings. The number of ether oxygens (including phenoxy) is 5. The van der Waals surface area contributed by atoms with Gasteiger partial charge in [-0.3, -0.25) is 0 Å². The van der Waals surface area contributed by atoms with Crippen LogP contribution in [0.15, 0.2) is 121 Å². The Kier molecular flexibility index (Phi) is 14.4. The highest BCUT2D eigenvalue weighted by atomic mass is 28.4. The van der Waals surface area contributed by atoms with Crippen molar-refractivity contribution in [3.8, 4) is 0 Å². The number of benzene rings is 4. The first-order chi connectivity index (χ1) is 24.3. The van der Waals surface area contributed by atoms with Gasteiger partial charge >= 0.3 is 0 Å². The molecule has 6 nitrogen and oxygen atoms in total. The van der Waals surface area contributed by atoms with E-state index < -0.39 is 39.0 Å². The van der Waals surface area contributed by atoms with Gasteiger partial charge < -0.3 is 28.1 Å². The summed E-state index contributed by atoms with van der Waals surface area (Å²) in [6.45, 7) is 15.8. The molecule has 1 fully saturated rings. The second-order valence-electron chi connectivity index (χ2n) is 14.3. The molecule has 268 valence electrons. The van der Waals surface area contributed by atoms with E-state index in [9.17, 15) is 0 Å². The van der Waals surface area contributed by atoms with E-state index in [1.807, 2.05) is 72.8 Å². The van der Waals surface area contributed by atoms with E-state index in [2.05, 4.69) is 90.1 Å². The van der Waals surface area contributed by atoms with Crippen LogP contribution in [-0.4, -0.2) is 45.6 Å². The fraction of sp³-hybridized carbons (Fsp3) is 0.442. The van der Waals surface area contributed by atoms with Crippen molar-refractivity contribution in [2.45, 2.75) is 115 Å². The lowest BCUT2D eigenvalue weighted by Crippen LogP contribution is -2.62. The molecule has 0 bridgehead atoms. The summed E-state index contributed by atoms with van der Waals surface area (Å²) in [7, 11) is -2.24. The van der Waals surface area contributed by atoms with Crippen molar-refractivity contribution >= 4 is 8.32 Å². The predicted molar refractivity (Wildman–Crippen MR) is 202 cm³/mol. The molecule has 1 heterocycles. The number of hydrogen-bond donors (Lipinski definition) is 0. The highest BCUT2D eigenvalue weighted by Gasteiger charge is 2.51. The summed E-state index contributed by atoms with van der Waals surface area (Å²) in [4.78, 5) is 0. The first kappa shape index (κ1) is 38.1. The van der Waals surface area contributed by atoms with Gasteiger partial charge in [-0.05, 0) is 38.9 Å². The molecule has 5 atom stereocenters. The molecule has 1 aliphatic heterocycles. The maximum absolute atomic E-state index is 7.20. The fourth-order valence-corrected chi connectivity index (χ4v) is 12.9. The van der Waals surface area contributed by atoms with E-state index in [1.54, 1.807) is 0 Å². The van der Waals surface area contributed by atoms with E-state index in [4.69, 9.17) is 28.1 Å². The van der Waals surface area contributed by atoms with E-state index in [0.717, 1.165) is 22.3 Å². The van der Waals surface area contributed by atoms with Crippen LogP contribution in [0.4, 0.5) is 0 Å². The molecule has 50 heavy (non-hydrogen) atoms. The summed E-state index contributed by atoms with van der Waals surface area (Å²) < 4.78 is 41.4. The van der Waals surface area contributed by atoms with Gasteiger partial charge in [-0.15, -0.1) is 0 Å². The molecular weight excluding hydrogens is 641 g/mol. The normalized spacial score (nSPS) is 21.3. The third-order valence-electron chi connectivity index (χ3n) is 9.91. The largest absolute Gasteiger partial charge is 0.413 e. The standard InChI is InChI=1S/C43H56O6Si/c1-32(2)50(33(3)4,34(5)6)48-31-39-40(44-27-35-19-11-7-12-20-35)41(45-28-36-21-13-8-14-22-36)42(46-29-37-23-15-9-16-24-37)43(49-39)47-30-38-25-17-10-18-26-38/h7-26,32-34,39-43H,27-31H2,1-6H3/t39-,40-,41+,42+,43+/m1/s1. The minimum atomic E-state index is -2.24. The van der Waals surface area contributed by atoms with Crippen molar-refractivity contribution in [2.24, 2.45) is 0 Å². The quantitative estimate of drug-likeness (QED) is 0.0966. The Morgan fingerprint density at radius 3 is 1.18 bits per heavy atom. The first-order valence-electron chi connectivity index (χ1n) is 18.2. The summed E-state index contributed by atoms with van der Waals surface area (Å²) in [6.07, 6.45) is -2.77. The van der Waals surface area contributed by atoms with Crippen molar-refractivity contribution in [3.05, 3.63) is 144 Å². The highest BCUT2D eigenvalue weighted by Crippen LogP contribution is 2.43. The summed E-state index contributed by atoms with van der Waals surface area (Å²) in [5.41, 5.74) is 5.54. The zero-order valence-electron chi connectivity index (χ0n) is 30.7. The average Bonchev–Trinajstić information content (AvgIpc) is 3.13. The SMILES string of the molecule is CC(C)[Si](OC[C@H]1O[C@H](OCc2ccccc2)[C@@H](OCc2ccccc2)[C@@H](OCc2ccccc2)[C@@H]1OCc1ccccc1)(C(C)C)C(C)C. The second-order valence-corrected chi connectivity index (χ2v) is 19.7. The van der Waals surface area contributed by atoms with Gasteiger partial charge in [-0.2, -0.15) is 0 Å². The maximum Gasteiger partial charge on any atom is 0.200 e. The van der Waals surface area contributed by atoms with Gasteiger partial charge in [0.05, 0.1) is 33.0 Å². The Bertz CT molecular complexity index is 1480. The molecule has 0 radical (unpaired) electrons. The lowest BCUT2D eigenvalue weighted by atomic mass is 9.97. The zero-order valence-corrected chi connectivity index (χ0v) is 31.7. The summed E-state index contributed by atoms with van der Waals surface area (Å²) >= 11 is 0. The van der Waals surface area contributed by atoms with Crippen molar-refractivity contribution in [1.29, 1.82) is 0 Å². The van der Waals surface area contributed by atoms with Gasteiger partial charge in [0.25, 0.3) is 0 Å². The smallest absolute Gasteiger partial charge is 0.200 e. The molecule has 0 amide bonds. The van der Waals surface area contributed by atoms with Crippen LogP contribution in [0.5, 0.6) is 0 Å². The van der Waals surface area contributed by atoms with Gasteiger partial charge in [0.1, 0.15) is 24.4 Å². The van der Waals surface area contributed by atoms with Crippen molar-refractivity contribution < 1.29 is 28.1 Å². The number of hydrogen-bond acceptors (Lipinski definition) is 6. The lowest BCUT2D eigenvalue weighted by molar-refractivity contribution is -0.328. The lowest BCUT2D eigenvalue weighted by Gasteiger charge is -2.48. The van der Waals surface area contributed by atoms with Crippen LogP contribution in [0.2, 0.25) is 16.6 Å². The molecule has 0 spiro atoms. The summed E-state index contributed by atoms with van der Waals surface area (Å²) in [6, 6.07) is 40.9. The van der Waals surface area contributed by atoms with E-state index in [1.165, 1.54) is 0 Å². The Morgan fingerprint density at radius 1 is 0.460 bits per heavy atom. The van der Waals surface area contributed by atoms with Gasteiger partial charge in [-0.1, -0.05) is 163 Å². The Morgan fingerprint density at radius 2 is 0.800 bits per heavy atom. The topological polar surface area (TPSA) is 55.4 Å². The van der Waals surface area contributed by atoms with Gasteiger partial charge in [0.2, 0.25) is 0 Å². The van der Waals surface area contributed by atoms with Crippen molar-refractivity contribution in [2.75, 3.05) is 6.61 Å². The first-order valence-corrected chi connectivity index (χ1v) is 20.3. The molecule has 4 aromatic carbocycles. The third-order valence-corrected chi connectivity index (χ3v) is 16.0. The van der Waals surface area contributed by atoms with Crippen LogP contribution in [0.25, 0.3) is 0 Å². The fourth-order valence-electron chi connectivity index (χ4n) is 7.49. The molecule has 0 saturated carbocycles. The van der Waals surface area contributed by atoms with Crippen molar-refractivity contribution in [1.82, 2.24) is 0 Å². The van der Waals surface area contributed by atoms with Gasteiger partial charge in [-0.25, -0.2) is 0 Å². The van der Waals surface area contributed by atoms with E-state index >= 15 is 0 Å². The van der Waals surface area contributed by atoms with Gasteiger partial charge in [0.15, 0.2) is 14.6 Å². The monoisotopic (exact) mass is 696 g/mol. The van der Waals surface area contributed by atoms with Gasteiger partial charge in [0, 0.05) is 0 Å². The van der Waals surface area contributed by atoms with E-state index in [0.29, 0.717) is 49.7 Å². The molecule has 0 aromatic heterocycles. The predicted octanol–water partition coefficient (Wildman–Crippen LogP) is 9.88. The average molecular weight is 697 g/mol. The summed E-state index contributed by atoms with van der Waals surface area (Å²) in [5, 5.41) is 0. The number of rotatable bonds is 18. The molecule has 0 aliphatic carbocycles.